The molecule has 0 fully saturated rings. The van der Waals surface area contributed by atoms with Crippen molar-refractivity contribution >= 4 is 62.3 Å². The number of carbonyl (C=O) groups is 2. The Balaban J connectivity index is 2.19. The van der Waals surface area contributed by atoms with Crippen LogP contribution in [0.2, 0.25) is 15.1 Å². The third-order valence-corrected chi connectivity index (χ3v) is 9.39. The number of ether oxygens (including phenoxy) is 3. The van der Waals surface area contributed by atoms with Crippen LogP contribution in [0.25, 0.3) is 0 Å². The smallest absolute Gasteiger partial charge is 0.265 e. The zero-order valence-corrected chi connectivity index (χ0v) is 29.1. The standard InChI is InChI=1S/C31H36Cl3N3O7S/c1-19(30(39)35-31(2,3)4)36(17-22-23(33)9-8-10-24(22)34)29(38)18-37(25-15-20(32)11-13-26(25)42-5)45(40,41)21-12-14-27(43-6)28(16-21)44-7/h8-16,19H,17-18H2,1-7H3,(H,35,39)/t19-/m0/s1. The lowest BCUT2D eigenvalue weighted by atomic mass is 10.1. The monoisotopic (exact) mass is 699 g/mol. The predicted octanol–water partition coefficient (Wildman–Crippen LogP) is 6.20. The topological polar surface area (TPSA) is 114 Å². The van der Waals surface area contributed by atoms with Gasteiger partial charge in [0.25, 0.3) is 10.0 Å². The Morgan fingerprint density at radius 1 is 0.867 bits per heavy atom. The number of hydrogen-bond acceptors (Lipinski definition) is 7. The van der Waals surface area contributed by atoms with E-state index in [1.807, 2.05) is 0 Å². The van der Waals surface area contributed by atoms with E-state index in [9.17, 15) is 18.0 Å². The van der Waals surface area contributed by atoms with Crippen molar-refractivity contribution < 1.29 is 32.2 Å². The number of benzene rings is 3. The second-order valence-electron chi connectivity index (χ2n) is 11.0. The van der Waals surface area contributed by atoms with Gasteiger partial charge < -0.3 is 24.4 Å². The largest absolute Gasteiger partial charge is 0.495 e. The maximum atomic E-state index is 14.3. The van der Waals surface area contributed by atoms with Crippen LogP contribution >= 0.6 is 34.8 Å². The molecule has 0 unspecified atom stereocenters. The Bertz CT molecular complexity index is 1640. The van der Waals surface area contributed by atoms with Gasteiger partial charge in [0, 0.05) is 38.8 Å². The number of methoxy groups -OCH3 is 3. The van der Waals surface area contributed by atoms with E-state index in [2.05, 4.69) is 5.32 Å². The second kappa shape index (κ2) is 14.8. The molecule has 0 radical (unpaired) electrons. The molecule has 1 N–H and O–H groups in total. The number of sulfonamides is 1. The highest BCUT2D eigenvalue weighted by atomic mass is 35.5. The van der Waals surface area contributed by atoms with Gasteiger partial charge in [0.1, 0.15) is 18.3 Å². The molecule has 2 amide bonds. The van der Waals surface area contributed by atoms with E-state index < -0.39 is 40.0 Å². The molecule has 3 rings (SSSR count). The van der Waals surface area contributed by atoms with E-state index in [-0.39, 0.29) is 43.7 Å². The average Bonchev–Trinajstić information content (AvgIpc) is 2.97. The van der Waals surface area contributed by atoms with Crippen molar-refractivity contribution in [1.82, 2.24) is 10.2 Å². The molecular weight excluding hydrogens is 665 g/mol. The Hall–Kier alpha value is -3.38. The molecule has 0 aliphatic rings. The highest BCUT2D eigenvalue weighted by Gasteiger charge is 2.35. The van der Waals surface area contributed by atoms with Crippen LogP contribution in [-0.4, -0.2) is 64.6 Å². The minimum Gasteiger partial charge on any atom is -0.495 e. The van der Waals surface area contributed by atoms with E-state index in [0.717, 1.165) is 4.31 Å². The van der Waals surface area contributed by atoms with Crippen molar-refractivity contribution in [2.24, 2.45) is 0 Å². The number of hydrogen-bond donors (Lipinski definition) is 1. The van der Waals surface area contributed by atoms with Crippen LogP contribution in [-0.2, 0) is 26.2 Å². The van der Waals surface area contributed by atoms with Crippen LogP contribution in [0.15, 0.2) is 59.5 Å². The predicted molar refractivity (Wildman–Crippen MR) is 176 cm³/mol. The lowest BCUT2D eigenvalue weighted by Crippen LogP contribution is -2.54. The van der Waals surface area contributed by atoms with Gasteiger partial charge in [0.2, 0.25) is 11.8 Å². The highest BCUT2D eigenvalue weighted by molar-refractivity contribution is 7.92. The summed E-state index contributed by atoms with van der Waals surface area (Å²) in [6.07, 6.45) is 0. The minimum atomic E-state index is -4.49. The van der Waals surface area contributed by atoms with Crippen LogP contribution in [0.3, 0.4) is 0 Å². The normalized spacial score (nSPS) is 12.2. The Kier molecular flexibility index (Phi) is 11.9. The fraction of sp³-hybridized carbons (Fsp3) is 0.355. The van der Waals surface area contributed by atoms with Crippen molar-refractivity contribution in [2.75, 3.05) is 32.2 Å². The number of nitrogens with one attached hydrogen (secondary N) is 1. The van der Waals surface area contributed by atoms with Crippen molar-refractivity contribution in [3.8, 4) is 17.2 Å². The summed E-state index contributed by atoms with van der Waals surface area (Å²) in [6, 6.07) is 12.2. The molecule has 0 aromatic heterocycles. The van der Waals surface area contributed by atoms with Crippen LogP contribution in [0.5, 0.6) is 17.2 Å². The van der Waals surface area contributed by atoms with Crippen LogP contribution in [0.4, 0.5) is 5.69 Å². The summed E-state index contributed by atoms with van der Waals surface area (Å²) in [7, 11) is -0.340. The molecule has 3 aromatic rings. The molecule has 45 heavy (non-hydrogen) atoms. The zero-order valence-electron chi connectivity index (χ0n) is 26.0. The quantitative estimate of drug-likeness (QED) is 0.239. The van der Waals surface area contributed by atoms with E-state index in [4.69, 9.17) is 49.0 Å². The lowest BCUT2D eigenvalue weighted by Gasteiger charge is -2.34. The van der Waals surface area contributed by atoms with E-state index in [1.54, 1.807) is 39.0 Å². The molecule has 3 aromatic carbocycles. The molecular formula is C31H36Cl3N3O7S. The molecule has 0 bridgehead atoms. The Morgan fingerprint density at radius 3 is 2.00 bits per heavy atom. The third-order valence-electron chi connectivity index (χ3n) is 6.69. The van der Waals surface area contributed by atoms with Gasteiger partial charge in [-0.15, -0.1) is 0 Å². The van der Waals surface area contributed by atoms with Crippen molar-refractivity contribution in [3.05, 3.63) is 75.2 Å². The SMILES string of the molecule is COc1ccc(S(=O)(=O)N(CC(=O)N(Cc2c(Cl)cccc2Cl)[C@@H](C)C(=O)NC(C)(C)C)c2cc(Cl)ccc2OC)cc1OC. The number of rotatable bonds is 12. The molecule has 14 heteroatoms. The van der Waals surface area contributed by atoms with E-state index >= 15 is 0 Å². The van der Waals surface area contributed by atoms with Gasteiger partial charge in [-0.2, -0.15) is 0 Å². The molecule has 0 saturated carbocycles. The van der Waals surface area contributed by atoms with Crippen LogP contribution < -0.4 is 23.8 Å². The molecule has 1 atom stereocenters. The number of halogens is 3. The van der Waals surface area contributed by atoms with Gasteiger partial charge in [0.15, 0.2) is 11.5 Å². The zero-order chi connectivity index (χ0) is 33.7. The van der Waals surface area contributed by atoms with E-state index in [1.165, 1.54) is 69.6 Å². The van der Waals surface area contributed by atoms with Gasteiger partial charge in [-0.25, -0.2) is 8.42 Å². The number of amides is 2. The maximum Gasteiger partial charge on any atom is 0.265 e. The van der Waals surface area contributed by atoms with E-state index in [0.29, 0.717) is 11.3 Å². The molecule has 0 aliphatic heterocycles. The summed E-state index contributed by atoms with van der Waals surface area (Å²) in [5, 5.41) is 3.61. The summed E-state index contributed by atoms with van der Waals surface area (Å²) >= 11 is 19.2. The molecule has 10 nitrogen and oxygen atoms in total. The molecule has 0 saturated heterocycles. The number of carbonyl (C=O) groups excluding carboxylic acids is 2. The summed E-state index contributed by atoms with van der Waals surface area (Å²) in [4.78, 5) is 28.7. The number of nitrogens with zero attached hydrogens (tertiary/aromatic N) is 2. The van der Waals surface area contributed by atoms with Crippen molar-refractivity contribution in [2.45, 2.75) is 50.7 Å². The first-order valence-electron chi connectivity index (χ1n) is 13.7. The van der Waals surface area contributed by atoms with Crippen LogP contribution in [0.1, 0.15) is 33.3 Å². The van der Waals surface area contributed by atoms with Gasteiger partial charge >= 0.3 is 0 Å². The van der Waals surface area contributed by atoms with Crippen molar-refractivity contribution in [1.29, 1.82) is 0 Å². The number of anilines is 1. The summed E-state index contributed by atoms with van der Waals surface area (Å²) < 4.78 is 45.6. The average molecular weight is 701 g/mol. The van der Waals surface area contributed by atoms with Gasteiger partial charge in [-0.1, -0.05) is 40.9 Å². The fourth-order valence-corrected chi connectivity index (χ4v) is 6.50. The Labute approximate surface area is 279 Å². The third kappa shape index (κ3) is 8.66. The van der Waals surface area contributed by atoms with Crippen molar-refractivity contribution in [3.63, 3.8) is 0 Å². The summed E-state index contributed by atoms with van der Waals surface area (Å²) in [6.45, 7) is 6.01. The highest BCUT2D eigenvalue weighted by Crippen LogP contribution is 2.37. The van der Waals surface area contributed by atoms with Crippen LogP contribution in [0, 0.1) is 0 Å². The first-order chi connectivity index (χ1) is 21.0. The lowest BCUT2D eigenvalue weighted by molar-refractivity contribution is -0.140. The molecule has 244 valence electrons. The first kappa shape index (κ1) is 36.1. The molecule has 0 aliphatic carbocycles. The second-order valence-corrected chi connectivity index (χ2v) is 14.1. The molecule has 0 heterocycles. The van der Waals surface area contributed by atoms with Gasteiger partial charge in [-0.05, 0) is 70.2 Å². The summed E-state index contributed by atoms with van der Waals surface area (Å²) in [5.41, 5.74) is -0.228. The summed E-state index contributed by atoms with van der Waals surface area (Å²) in [5.74, 6) is -0.593. The molecule has 0 spiro atoms. The van der Waals surface area contributed by atoms with Gasteiger partial charge in [0.05, 0.1) is 31.9 Å². The minimum absolute atomic E-state index is 0.00402. The maximum absolute atomic E-state index is 14.3. The Morgan fingerprint density at radius 2 is 1.44 bits per heavy atom. The first-order valence-corrected chi connectivity index (χ1v) is 16.2. The van der Waals surface area contributed by atoms with Gasteiger partial charge in [-0.3, -0.25) is 13.9 Å². The fourth-order valence-electron chi connectivity index (χ4n) is 4.39.